The Hall–Kier alpha value is -0.160. The molecule has 2 heterocycles. The first-order valence-electron chi connectivity index (χ1n) is 6.91. The predicted molar refractivity (Wildman–Crippen MR) is 68.3 cm³/mol. The number of hydrogen-bond acceptors (Lipinski definition) is 4. The fourth-order valence-corrected chi connectivity index (χ4v) is 2.79. The van der Waals surface area contributed by atoms with Crippen molar-refractivity contribution >= 4 is 0 Å². The zero-order chi connectivity index (χ0) is 11.9. The Morgan fingerprint density at radius 2 is 2.29 bits per heavy atom. The Labute approximate surface area is 105 Å². The molecule has 100 valence electrons. The first kappa shape index (κ1) is 13.3. The van der Waals surface area contributed by atoms with Crippen LogP contribution in [0.15, 0.2) is 0 Å². The van der Waals surface area contributed by atoms with Gasteiger partial charge in [0.15, 0.2) is 0 Å². The van der Waals surface area contributed by atoms with Gasteiger partial charge in [-0.15, -0.1) is 0 Å². The molecule has 2 atom stereocenters. The van der Waals surface area contributed by atoms with Crippen LogP contribution in [-0.2, 0) is 9.47 Å². The van der Waals surface area contributed by atoms with E-state index >= 15 is 0 Å². The Balaban J connectivity index is 1.74. The minimum Gasteiger partial charge on any atom is -0.383 e. The minimum absolute atomic E-state index is 0.689. The van der Waals surface area contributed by atoms with Gasteiger partial charge in [0, 0.05) is 39.4 Å². The molecule has 2 unspecified atom stereocenters. The molecule has 0 aromatic rings. The summed E-state index contributed by atoms with van der Waals surface area (Å²) in [5.41, 5.74) is 0. The van der Waals surface area contributed by atoms with Crippen molar-refractivity contribution in [2.75, 3.05) is 53.1 Å². The maximum absolute atomic E-state index is 5.46. The fourth-order valence-electron chi connectivity index (χ4n) is 2.79. The molecule has 0 bridgehead atoms. The summed E-state index contributed by atoms with van der Waals surface area (Å²) in [6.45, 7) is 7.30. The van der Waals surface area contributed by atoms with Crippen LogP contribution >= 0.6 is 0 Å². The SMILES string of the molecule is COCCN(CC1CCOC1)CC1CCCN1. The highest BCUT2D eigenvalue weighted by Crippen LogP contribution is 2.15. The van der Waals surface area contributed by atoms with Crippen molar-refractivity contribution in [1.29, 1.82) is 0 Å². The number of hydrogen-bond donors (Lipinski definition) is 1. The number of nitrogens with zero attached hydrogens (tertiary/aromatic N) is 1. The van der Waals surface area contributed by atoms with Crippen molar-refractivity contribution in [2.45, 2.75) is 25.3 Å². The Morgan fingerprint density at radius 3 is 2.94 bits per heavy atom. The van der Waals surface area contributed by atoms with Crippen LogP contribution < -0.4 is 5.32 Å². The van der Waals surface area contributed by atoms with Crippen molar-refractivity contribution in [3.8, 4) is 0 Å². The summed E-state index contributed by atoms with van der Waals surface area (Å²) in [5, 5.41) is 3.57. The van der Waals surface area contributed by atoms with Crippen molar-refractivity contribution in [2.24, 2.45) is 5.92 Å². The Bertz CT molecular complexity index is 184. The summed E-state index contributed by atoms with van der Waals surface area (Å²) in [7, 11) is 1.78. The van der Waals surface area contributed by atoms with Gasteiger partial charge in [-0.25, -0.2) is 0 Å². The van der Waals surface area contributed by atoms with E-state index in [0.717, 1.165) is 32.3 Å². The smallest absolute Gasteiger partial charge is 0.0589 e. The van der Waals surface area contributed by atoms with Gasteiger partial charge >= 0.3 is 0 Å². The normalized spacial score (nSPS) is 29.3. The number of ether oxygens (including phenoxy) is 2. The molecular formula is C13H26N2O2. The lowest BCUT2D eigenvalue weighted by molar-refractivity contribution is 0.123. The zero-order valence-electron chi connectivity index (χ0n) is 11.0. The van der Waals surface area contributed by atoms with E-state index in [4.69, 9.17) is 9.47 Å². The van der Waals surface area contributed by atoms with E-state index in [1.54, 1.807) is 7.11 Å². The van der Waals surface area contributed by atoms with Gasteiger partial charge in [0.25, 0.3) is 0 Å². The molecule has 4 heteroatoms. The zero-order valence-corrected chi connectivity index (χ0v) is 11.0. The van der Waals surface area contributed by atoms with Crippen molar-refractivity contribution < 1.29 is 9.47 Å². The van der Waals surface area contributed by atoms with E-state index < -0.39 is 0 Å². The molecule has 1 N–H and O–H groups in total. The minimum atomic E-state index is 0.689. The third kappa shape index (κ3) is 4.54. The summed E-state index contributed by atoms with van der Waals surface area (Å²) in [4.78, 5) is 2.55. The van der Waals surface area contributed by atoms with Gasteiger partial charge in [-0.3, -0.25) is 4.90 Å². The maximum Gasteiger partial charge on any atom is 0.0589 e. The molecule has 2 fully saturated rings. The molecule has 2 rings (SSSR count). The molecule has 2 saturated heterocycles. The molecule has 2 aliphatic rings. The summed E-state index contributed by atoms with van der Waals surface area (Å²) < 4.78 is 10.7. The largest absolute Gasteiger partial charge is 0.383 e. The topological polar surface area (TPSA) is 33.7 Å². The van der Waals surface area contributed by atoms with E-state index in [-0.39, 0.29) is 0 Å². The Morgan fingerprint density at radius 1 is 1.35 bits per heavy atom. The van der Waals surface area contributed by atoms with Crippen LogP contribution in [0.1, 0.15) is 19.3 Å². The third-order valence-electron chi connectivity index (χ3n) is 3.79. The first-order valence-corrected chi connectivity index (χ1v) is 6.91. The molecular weight excluding hydrogens is 216 g/mol. The Kier molecular flexibility index (Phi) is 5.71. The molecule has 0 radical (unpaired) electrons. The molecule has 0 spiro atoms. The summed E-state index contributed by atoms with van der Waals surface area (Å²) >= 11 is 0. The maximum atomic E-state index is 5.46. The van der Waals surface area contributed by atoms with Gasteiger partial charge in [0.05, 0.1) is 13.2 Å². The second-order valence-corrected chi connectivity index (χ2v) is 5.28. The average Bonchev–Trinajstić information content (AvgIpc) is 2.99. The fraction of sp³-hybridized carbons (Fsp3) is 1.00. The number of nitrogens with one attached hydrogen (secondary N) is 1. The van der Waals surface area contributed by atoms with Crippen LogP contribution in [0.25, 0.3) is 0 Å². The monoisotopic (exact) mass is 242 g/mol. The summed E-state index contributed by atoms with van der Waals surface area (Å²) in [6, 6.07) is 0.689. The molecule has 0 aromatic carbocycles. The lowest BCUT2D eigenvalue weighted by Gasteiger charge is -2.27. The van der Waals surface area contributed by atoms with Crippen molar-refractivity contribution in [3.63, 3.8) is 0 Å². The summed E-state index contributed by atoms with van der Waals surface area (Å²) in [5.74, 6) is 0.730. The van der Waals surface area contributed by atoms with E-state index in [0.29, 0.717) is 6.04 Å². The lowest BCUT2D eigenvalue weighted by Crippen LogP contribution is -2.41. The van der Waals surface area contributed by atoms with Crippen molar-refractivity contribution in [1.82, 2.24) is 10.2 Å². The van der Waals surface area contributed by atoms with Gasteiger partial charge in [-0.2, -0.15) is 0 Å². The standard InChI is InChI=1S/C13H26N2O2/c1-16-8-6-15(9-12-4-7-17-11-12)10-13-3-2-5-14-13/h12-14H,2-11H2,1H3. The van der Waals surface area contributed by atoms with Gasteiger partial charge in [-0.1, -0.05) is 0 Å². The molecule has 17 heavy (non-hydrogen) atoms. The van der Waals surface area contributed by atoms with Gasteiger partial charge in [-0.05, 0) is 31.7 Å². The van der Waals surface area contributed by atoms with E-state index in [1.165, 1.54) is 38.9 Å². The van der Waals surface area contributed by atoms with Crippen LogP contribution in [0.3, 0.4) is 0 Å². The first-order chi connectivity index (χ1) is 8.38. The highest BCUT2D eigenvalue weighted by atomic mass is 16.5. The molecule has 4 nitrogen and oxygen atoms in total. The van der Waals surface area contributed by atoms with Gasteiger partial charge in [0.2, 0.25) is 0 Å². The van der Waals surface area contributed by atoms with Gasteiger partial charge in [0.1, 0.15) is 0 Å². The molecule has 0 aliphatic carbocycles. The molecule has 0 aromatic heterocycles. The predicted octanol–water partition coefficient (Wildman–Crippen LogP) is 0.723. The van der Waals surface area contributed by atoms with E-state index in [1.807, 2.05) is 0 Å². The molecule has 0 amide bonds. The van der Waals surface area contributed by atoms with Crippen molar-refractivity contribution in [3.05, 3.63) is 0 Å². The summed E-state index contributed by atoms with van der Waals surface area (Å²) in [6.07, 6.45) is 3.88. The van der Waals surface area contributed by atoms with Crippen LogP contribution in [0.4, 0.5) is 0 Å². The van der Waals surface area contributed by atoms with Crippen LogP contribution in [0.5, 0.6) is 0 Å². The second-order valence-electron chi connectivity index (χ2n) is 5.28. The molecule has 0 saturated carbocycles. The molecule has 2 aliphatic heterocycles. The van der Waals surface area contributed by atoms with Crippen LogP contribution in [0.2, 0.25) is 0 Å². The third-order valence-corrected chi connectivity index (χ3v) is 3.79. The second kappa shape index (κ2) is 7.31. The van der Waals surface area contributed by atoms with E-state index in [2.05, 4.69) is 10.2 Å². The van der Waals surface area contributed by atoms with Crippen LogP contribution in [-0.4, -0.2) is 64.1 Å². The highest BCUT2D eigenvalue weighted by molar-refractivity contribution is 4.79. The number of rotatable bonds is 7. The van der Waals surface area contributed by atoms with Gasteiger partial charge < -0.3 is 14.8 Å². The van der Waals surface area contributed by atoms with E-state index in [9.17, 15) is 0 Å². The average molecular weight is 242 g/mol. The number of methoxy groups -OCH3 is 1. The quantitative estimate of drug-likeness (QED) is 0.713. The highest BCUT2D eigenvalue weighted by Gasteiger charge is 2.22. The van der Waals surface area contributed by atoms with Crippen LogP contribution in [0, 0.1) is 5.92 Å². The lowest BCUT2D eigenvalue weighted by atomic mass is 10.1.